The molecule has 1 heterocycles. The highest BCUT2D eigenvalue weighted by atomic mass is 16.6. The first-order valence-corrected chi connectivity index (χ1v) is 9.53. The van der Waals surface area contributed by atoms with Crippen LogP contribution >= 0.6 is 0 Å². The number of fused-ring (bicyclic) bond motifs is 1. The van der Waals surface area contributed by atoms with Gasteiger partial charge in [-0.3, -0.25) is 4.79 Å². The highest BCUT2D eigenvalue weighted by Crippen LogP contribution is 2.21. The number of ether oxygens (including phenoxy) is 3. The second-order valence-electron chi connectivity index (χ2n) is 6.31. The lowest BCUT2D eigenvalue weighted by atomic mass is 10.1. The molecule has 0 bridgehead atoms. The van der Waals surface area contributed by atoms with Gasteiger partial charge in [0.05, 0.1) is 6.61 Å². The Morgan fingerprint density at radius 2 is 1.71 bits per heavy atom. The molecule has 8 nitrogen and oxygen atoms in total. The van der Waals surface area contributed by atoms with Gasteiger partial charge in [0.1, 0.15) is 28.4 Å². The zero-order valence-electron chi connectivity index (χ0n) is 16.9. The van der Waals surface area contributed by atoms with E-state index in [1.807, 2.05) is 6.92 Å². The number of hydrogen-bond acceptors (Lipinski definition) is 7. The van der Waals surface area contributed by atoms with Gasteiger partial charge in [0, 0.05) is 18.0 Å². The van der Waals surface area contributed by atoms with Crippen LogP contribution in [-0.4, -0.2) is 31.6 Å². The van der Waals surface area contributed by atoms with Crippen LogP contribution in [0.3, 0.4) is 0 Å². The minimum atomic E-state index is -0.795. The van der Waals surface area contributed by atoms with Crippen molar-refractivity contribution in [2.75, 3.05) is 19.8 Å². The van der Waals surface area contributed by atoms with Crippen molar-refractivity contribution in [1.82, 2.24) is 5.32 Å². The number of rotatable bonds is 9. The maximum Gasteiger partial charge on any atom is 0.349 e. The third-order valence-electron chi connectivity index (χ3n) is 4.08. The standard InChI is InChI=1S/C23H21NO7/c1-3-11-24-22(26)19-12-15-5-6-18(13-20(15)31-23(19)27)30-21(25)14-29-17-9-7-16(8-10-17)28-4-2/h3,5-10,12-13H,1,4,11,14H2,2H3,(H,24,26). The molecule has 0 spiro atoms. The van der Waals surface area contributed by atoms with E-state index in [1.165, 1.54) is 24.3 Å². The molecule has 3 rings (SSSR count). The fourth-order valence-electron chi connectivity index (χ4n) is 2.68. The Morgan fingerprint density at radius 1 is 1.03 bits per heavy atom. The molecule has 1 N–H and O–H groups in total. The number of nitrogens with one attached hydrogen (secondary N) is 1. The van der Waals surface area contributed by atoms with E-state index in [9.17, 15) is 14.4 Å². The fraction of sp³-hybridized carbons (Fsp3) is 0.174. The fourth-order valence-corrected chi connectivity index (χ4v) is 2.68. The predicted molar refractivity (Wildman–Crippen MR) is 114 cm³/mol. The molecule has 31 heavy (non-hydrogen) atoms. The Bertz CT molecular complexity index is 1150. The first-order valence-electron chi connectivity index (χ1n) is 9.53. The van der Waals surface area contributed by atoms with Gasteiger partial charge in [0.15, 0.2) is 6.61 Å². The Kier molecular flexibility index (Phi) is 7.05. The molecule has 0 atom stereocenters. The van der Waals surface area contributed by atoms with Gasteiger partial charge in [-0.2, -0.15) is 0 Å². The van der Waals surface area contributed by atoms with Crippen molar-refractivity contribution in [3.8, 4) is 17.2 Å². The van der Waals surface area contributed by atoms with Crippen LogP contribution in [0, 0.1) is 0 Å². The summed E-state index contributed by atoms with van der Waals surface area (Å²) in [6, 6.07) is 12.8. The van der Waals surface area contributed by atoms with Crippen molar-refractivity contribution in [3.63, 3.8) is 0 Å². The third-order valence-corrected chi connectivity index (χ3v) is 4.08. The molecule has 160 valence electrons. The molecular formula is C23H21NO7. The van der Waals surface area contributed by atoms with Crippen LogP contribution in [-0.2, 0) is 4.79 Å². The van der Waals surface area contributed by atoms with Gasteiger partial charge in [-0.25, -0.2) is 9.59 Å². The molecule has 0 aliphatic heterocycles. The van der Waals surface area contributed by atoms with Gasteiger partial charge in [-0.15, -0.1) is 6.58 Å². The van der Waals surface area contributed by atoms with Crippen molar-refractivity contribution in [2.24, 2.45) is 0 Å². The van der Waals surface area contributed by atoms with Gasteiger partial charge in [-0.05, 0) is 49.4 Å². The summed E-state index contributed by atoms with van der Waals surface area (Å²) >= 11 is 0. The average molecular weight is 423 g/mol. The number of hydrogen-bond donors (Lipinski definition) is 1. The molecule has 0 unspecified atom stereocenters. The molecule has 0 radical (unpaired) electrons. The zero-order chi connectivity index (χ0) is 22.2. The number of amides is 1. The Balaban J connectivity index is 1.64. The van der Waals surface area contributed by atoms with Gasteiger partial charge in [0.2, 0.25) is 0 Å². The second kappa shape index (κ2) is 10.1. The summed E-state index contributed by atoms with van der Waals surface area (Å²) in [7, 11) is 0. The lowest BCUT2D eigenvalue weighted by molar-refractivity contribution is -0.136. The lowest BCUT2D eigenvalue weighted by Crippen LogP contribution is -2.28. The minimum Gasteiger partial charge on any atom is -0.494 e. The number of carbonyl (C=O) groups excluding carboxylic acids is 2. The largest absolute Gasteiger partial charge is 0.494 e. The minimum absolute atomic E-state index is 0.122. The summed E-state index contributed by atoms with van der Waals surface area (Å²) < 4.78 is 21.2. The van der Waals surface area contributed by atoms with Gasteiger partial charge < -0.3 is 23.9 Å². The summed E-state index contributed by atoms with van der Waals surface area (Å²) in [5.41, 5.74) is -0.734. The molecule has 0 saturated heterocycles. The van der Waals surface area contributed by atoms with E-state index in [-0.39, 0.29) is 30.0 Å². The van der Waals surface area contributed by atoms with E-state index in [0.717, 1.165) is 0 Å². The molecule has 8 heteroatoms. The van der Waals surface area contributed by atoms with E-state index in [1.54, 1.807) is 30.3 Å². The van der Waals surface area contributed by atoms with E-state index in [0.29, 0.717) is 23.5 Å². The Morgan fingerprint density at radius 3 is 2.39 bits per heavy atom. The number of esters is 1. The molecule has 0 aliphatic rings. The monoisotopic (exact) mass is 423 g/mol. The normalized spacial score (nSPS) is 10.4. The topological polar surface area (TPSA) is 104 Å². The van der Waals surface area contributed by atoms with Crippen LogP contribution in [0.25, 0.3) is 11.0 Å². The second-order valence-corrected chi connectivity index (χ2v) is 6.31. The molecule has 1 aromatic heterocycles. The molecule has 0 fully saturated rings. The van der Waals surface area contributed by atoms with E-state index >= 15 is 0 Å². The van der Waals surface area contributed by atoms with Crippen molar-refractivity contribution in [1.29, 1.82) is 0 Å². The first-order chi connectivity index (χ1) is 15.0. The number of benzene rings is 2. The van der Waals surface area contributed by atoms with E-state index < -0.39 is 17.5 Å². The number of carbonyl (C=O) groups is 2. The molecule has 2 aromatic carbocycles. The van der Waals surface area contributed by atoms with Crippen LogP contribution in [0.4, 0.5) is 0 Å². The highest BCUT2D eigenvalue weighted by molar-refractivity contribution is 5.96. The first kappa shape index (κ1) is 21.6. The van der Waals surface area contributed by atoms with Gasteiger partial charge in [0.25, 0.3) is 5.91 Å². The molecule has 0 aliphatic carbocycles. The van der Waals surface area contributed by atoms with Crippen LogP contribution in [0.2, 0.25) is 0 Å². The van der Waals surface area contributed by atoms with Crippen molar-refractivity contribution in [3.05, 3.63) is 77.2 Å². The summed E-state index contributed by atoms with van der Waals surface area (Å²) in [5, 5.41) is 3.03. The maximum absolute atomic E-state index is 12.1. The molecule has 0 saturated carbocycles. The Labute approximate surface area is 178 Å². The molecule has 3 aromatic rings. The highest BCUT2D eigenvalue weighted by Gasteiger charge is 2.14. The summed E-state index contributed by atoms with van der Waals surface area (Å²) in [6.45, 7) is 5.86. The average Bonchev–Trinajstić information content (AvgIpc) is 2.76. The molecule has 1 amide bonds. The third kappa shape index (κ3) is 5.72. The van der Waals surface area contributed by atoms with Crippen LogP contribution in [0.5, 0.6) is 17.2 Å². The van der Waals surface area contributed by atoms with Gasteiger partial charge in [-0.1, -0.05) is 6.08 Å². The van der Waals surface area contributed by atoms with Crippen molar-refractivity contribution in [2.45, 2.75) is 6.92 Å². The summed E-state index contributed by atoms with van der Waals surface area (Å²) in [5.74, 6) is 0.192. The maximum atomic E-state index is 12.1. The van der Waals surface area contributed by atoms with Crippen molar-refractivity contribution >= 4 is 22.8 Å². The van der Waals surface area contributed by atoms with Crippen molar-refractivity contribution < 1.29 is 28.2 Å². The predicted octanol–water partition coefficient (Wildman–Crippen LogP) is 3.09. The van der Waals surface area contributed by atoms with Crippen LogP contribution in [0.1, 0.15) is 17.3 Å². The lowest BCUT2D eigenvalue weighted by Gasteiger charge is -2.08. The smallest absolute Gasteiger partial charge is 0.349 e. The Hall–Kier alpha value is -4.07. The van der Waals surface area contributed by atoms with E-state index in [2.05, 4.69) is 11.9 Å². The zero-order valence-corrected chi connectivity index (χ0v) is 16.9. The van der Waals surface area contributed by atoms with Crippen LogP contribution < -0.4 is 25.2 Å². The summed E-state index contributed by atoms with van der Waals surface area (Å²) in [6.07, 6.45) is 1.50. The quantitative estimate of drug-likeness (QED) is 0.244. The molecular weight excluding hydrogens is 402 g/mol. The summed E-state index contributed by atoms with van der Waals surface area (Å²) in [4.78, 5) is 36.2. The van der Waals surface area contributed by atoms with Gasteiger partial charge >= 0.3 is 11.6 Å². The van der Waals surface area contributed by atoms with Crippen LogP contribution in [0.15, 0.2) is 70.4 Å². The van der Waals surface area contributed by atoms with E-state index in [4.69, 9.17) is 18.6 Å². The SMILES string of the molecule is C=CCNC(=O)c1cc2ccc(OC(=O)COc3ccc(OCC)cc3)cc2oc1=O.